The number of nitrogens with one attached hydrogen (secondary N) is 1. The summed E-state index contributed by atoms with van der Waals surface area (Å²) < 4.78 is 63.2. The number of nitrogen functional groups attached to an aromatic ring is 1. The van der Waals surface area contributed by atoms with Crippen molar-refractivity contribution < 1.29 is 21.6 Å². The summed E-state index contributed by atoms with van der Waals surface area (Å²) in [6, 6.07) is 1.15. The summed E-state index contributed by atoms with van der Waals surface area (Å²) in [7, 11) is -4.38. The second-order valence-electron chi connectivity index (χ2n) is 4.10. The van der Waals surface area contributed by atoms with Gasteiger partial charge in [-0.15, -0.1) is 0 Å². The molecule has 1 rings (SSSR count). The first-order valence-corrected chi connectivity index (χ1v) is 8.04. The zero-order valence-electron chi connectivity index (χ0n) is 11.0. The Hall–Kier alpha value is -0.910. The van der Waals surface area contributed by atoms with Crippen molar-refractivity contribution in [3.63, 3.8) is 0 Å². The van der Waals surface area contributed by atoms with Crippen molar-refractivity contribution in [1.29, 1.82) is 0 Å². The van der Waals surface area contributed by atoms with Crippen molar-refractivity contribution in [3.8, 4) is 0 Å². The molecule has 21 heavy (non-hydrogen) atoms. The maximum atomic E-state index is 12.6. The second-order valence-corrected chi connectivity index (χ2v) is 6.92. The third-order valence-corrected chi connectivity index (χ3v) is 4.69. The highest BCUT2D eigenvalue weighted by atomic mass is 79.9. The molecule has 0 spiro atoms. The van der Waals surface area contributed by atoms with E-state index in [0.29, 0.717) is 8.78 Å². The molecule has 0 atom stereocenters. The van der Waals surface area contributed by atoms with Gasteiger partial charge in [0.2, 0.25) is 10.0 Å². The van der Waals surface area contributed by atoms with Crippen LogP contribution in [0.2, 0.25) is 0 Å². The maximum absolute atomic E-state index is 12.6. The third kappa shape index (κ3) is 4.80. The molecule has 0 aliphatic rings. The molecule has 0 amide bonds. The van der Waals surface area contributed by atoms with Crippen molar-refractivity contribution in [1.82, 2.24) is 9.29 Å². The maximum Gasteiger partial charge on any atom is 0.402 e. The number of nitrogens with two attached hydrogens (primary N) is 1. The van der Waals surface area contributed by atoms with E-state index in [1.54, 1.807) is 6.92 Å². The number of nitrogens with zero attached hydrogens (tertiary/aromatic N) is 2. The van der Waals surface area contributed by atoms with Gasteiger partial charge in [0.15, 0.2) is 5.82 Å². The zero-order valence-corrected chi connectivity index (χ0v) is 13.4. The molecule has 6 nitrogen and oxygen atoms in total. The van der Waals surface area contributed by atoms with Crippen LogP contribution in [-0.2, 0) is 10.0 Å². The average Bonchev–Trinajstić information content (AvgIpc) is 2.36. The molecule has 120 valence electrons. The van der Waals surface area contributed by atoms with Gasteiger partial charge in [0, 0.05) is 17.2 Å². The molecular weight excluding hydrogens is 377 g/mol. The van der Waals surface area contributed by atoms with Crippen LogP contribution in [0.4, 0.5) is 19.0 Å². The number of hydrogen-bond acceptors (Lipinski definition) is 5. The molecule has 0 saturated heterocycles. The molecule has 0 radical (unpaired) electrons. The van der Waals surface area contributed by atoms with Crippen molar-refractivity contribution >= 4 is 31.8 Å². The lowest BCUT2D eigenvalue weighted by atomic mass is 10.4. The van der Waals surface area contributed by atoms with E-state index in [-0.39, 0.29) is 18.8 Å². The van der Waals surface area contributed by atoms with Crippen molar-refractivity contribution in [3.05, 3.63) is 16.7 Å². The Morgan fingerprint density at radius 1 is 1.48 bits per heavy atom. The summed E-state index contributed by atoms with van der Waals surface area (Å²) in [4.78, 5) is 3.31. The molecular formula is C10H14BrF3N4O2S. The molecule has 0 aliphatic carbocycles. The van der Waals surface area contributed by atoms with E-state index in [0.717, 1.165) is 6.07 Å². The van der Waals surface area contributed by atoms with Gasteiger partial charge in [-0.2, -0.15) is 17.5 Å². The van der Waals surface area contributed by atoms with Crippen LogP contribution in [0.3, 0.4) is 0 Å². The van der Waals surface area contributed by atoms with E-state index < -0.39 is 27.6 Å². The van der Waals surface area contributed by atoms with Crippen LogP contribution in [0.15, 0.2) is 21.6 Å². The van der Waals surface area contributed by atoms with E-state index in [9.17, 15) is 21.6 Å². The molecule has 11 heteroatoms. The summed E-state index contributed by atoms with van der Waals surface area (Å²) in [6.45, 7) is -0.252. The van der Waals surface area contributed by atoms with E-state index in [1.807, 2.05) is 0 Å². The lowest BCUT2D eigenvalue weighted by Gasteiger charge is -2.23. The topological polar surface area (TPSA) is 88.3 Å². The standard InChI is InChI=1S/C10H14BrF3N4O2S/c1-2-3-18(6-10(12,13)14)21(19,20)8-4-7(11)5-16-9(8)17-15/h4-5H,2-3,6,15H2,1H3,(H,16,17). The molecule has 0 unspecified atom stereocenters. The van der Waals surface area contributed by atoms with Crippen LogP contribution in [0, 0.1) is 0 Å². The first kappa shape index (κ1) is 18.1. The van der Waals surface area contributed by atoms with Gasteiger partial charge in [-0.25, -0.2) is 19.2 Å². The lowest BCUT2D eigenvalue weighted by molar-refractivity contribution is -0.136. The minimum Gasteiger partial charge on any atom is -0.307 e. The van der Waals surface area contributed by atoms with Crippen molar-refractivity contribution in [2.24, 2.45) is 5.84 Å². The number of pyridine rings is 1. The van der Waals surface area contributed by atoms with E-state index >= 15 is 0 Å². The summed E-state index contributed by atoms with van der Waals surface area (Å²) in [5.74, 6) is 4.94. The predicted molar refractivity (Wildman–Crippen MR) is 74.9 cm³/mol. The van der Waals surface area contributed by atoms with E-state index in [4.69, 9.17) is 5.84 Å². The van der Waals surface area contributed by atoms with Gasteiger partial charge >= 0.3 is 6.18 Å². The average molecular weight is 391 g/mol. The van der Waals surface area contributed by atoms with Crippen LogP contribution < -0.4 is 11.3 Å². The summed E-state index contributed by atoms with van der Waals surface area (Å²) in [6.07, 6.45) is -3.12. The number of aromatic nitrogens is 1. The monoisotopic (exact) mass is 390 g/mol. The number of sulfonamides is 1. The number of alkyl halides is 3. The molecule has 1 heterocycles. The highest BCUT2D eigenvalue weighted by Crippen LogP contribution is 2.28. The summed E-state index contributed by atoms with van der Waals surface area (Å²) in [5.41, 5.74) is 2.07. The fourth-order valence-corrected chi connectivity index (χ4v) is 3.73. The van der Waals surface area contributed by atoms with E-state index in [1.165, 1.54) is 6.20 Å². The molecule has 1 aromatic heterocycles. The largest absolute Gasteiger partial charge is 0.402 e. The molecule has 0 aliphatic heterocycles. The smallest absolute Gasteiger partial charge is 0.307 e. The zero-order chi connectivity index (χ0) is 16.3. The van der Waals surface area contributed by atoms with Gasteiger partial charge in [-0.05, 0) is 28.4 Å². The normalized spacial score (nSPS) is 12.7. The minimum atomic E-state index is -4.64. The Kier molecular flexibility index (Phi) is 5.96. The number of halogens is 4. The molecule has 0 fully saturated rings. The first-order chi connectivity index (χ1) is 9.61. The summed E-state index contributed by atoms with van der Waals surface area (Å²) in [5, 5.41) is 0. The Morgan fingerprint density at radius 3 is 2.57 bits per heavy atom. The van der Waals surface area contributed by atoms with Crippen LogP contribution >= 0.6 is 15.9 Å². The van der Waals surface area contributed by atoms with Gasteiger partial charge in [0.05, 0.1) is 0 Å². The number of anilines is 1. The Morgan fingerprint density at radius 2 is 2.10 bits per heavy atom. The summed E-state index contributed by atoms with van der Waals surface area (Å²) >= 11 is 3.03. The second kappa shape index (κ2) is 6.90. The quantitative estimate of drug-likeness (QED) is 0.573. The van der Waals surface area contributed by atoms with Gasteiger partial charge in [0.1, 0.15) is 11.4 Å². The van der Waals surface area contributed by atoms with Crippen LogP contribution in [-0.4, -0.2) is 37.0 Å². The predicted octanol–water partition coefficient (Wildman–Crippen LogP) is 2.09. The lowest BCUT2D eigenvalue weighted by Crippen LogP contribution is -2.39. The van der Waals surface area contributed by atoms with Crippen LogP contribution in [0.1, 0.15) is 13.3 Å². The SMILES string of the molecule is CCCN(CC(F)(F)F)S(=O)(=O)c1cc(Br)cnc1NN. The van der Waals surface area contributed by atoms with Crippen LogP contribution in [0.5, 0.6) is 0 Å². The molecule has 0 saturated carbocycles. The number of hydrogen-bond donors (Lipinski definition) is 2. The first-order valence-electron chi connectivity index (χ1n) is 5.81. The fourth-order valence-electron chi connectivity index (χ4n) is 1.60. The van der Waals surface area contributed by atoms with Gasteiger partial charge in [-0.3, -0.25) is 0 Å². The molecule has 0 bridgehead atoms. The Labute approximate surface area is 128 Å². The number of hydrazine groups is 1. The minimum absolute atomic E-state index is 0.221. The highest BCUT2D eigenvalue weighted by Gasteiger charge is 2.37. The van der Waals surface area contributed by atoms with Crippen LogP contribution in [0.25, 0.3) is 0 Å². The van der Waals surface area contributed by atoms with E-state index in [2.05, 4.69) is 26.3 Å². The van der Waals surface area contributed by atoms with Crippen molar-refractivity contribution in [2.75, 3.05) is 18.5 Å². The molecule has 0 aromatic carbocycles. The van der Waals surface area contributed by atoms with Gasteiger partial charge < -0.3 is 5.43 Å². The number of rotatable bonds is 6. The molecule has 1 aromatic rings. The van der Waals surface area contributed by atoms with Crippen molar-refractivity contribution in [2.45, 2.75) is 24.4 Å². The van der Waals surface area contributed by atoms with Gasteiger partial charge in [0.25, 0.3) is 0 Å². The Balaban J connectivity index is 3.32. The third-order valence-electron chi connectivity index (χ3n) is 2.40. The van der Waals surface area contributed by atoms with Gasteiger partial charge in [-0.1, -0.05) is 6.92 Å². The fraction of sp³-hybridized carbons (Fsp3) is 0.500. The Bertz CT molecular complexity index is 594. The highest BCUT2D eigenvalue weighted by molar-refractivity contribution is 9.10. The molecule has 3 N–H and O–H groups in total.